The summed E-state index contributed by atoms with van der Waals surface area (Å²) in [6.07, 6.45) is -4.72. The van der Waals surface area contributed by atoms with Crippen LogP contribution in [-0.2, 0) is 15.7 Å². The molecule has 0 aliphatic heterocycles. The fourth-order valence-electron chi connectivity index (χ4n) is 1.32. The third-order valence-corrected chi connectivity index (χ3v) is 2.14. The Morgan fingerprint density at radius 2 is 1.89 bits per heavy atom. The number of esters is 1. The Kier molecular flexibility index (Phi) is 4.52. The molecule has 7 heteroatoms. The number of hydrogen-bond acceptors (Lipinski definition) is 4. The molecule has 4 nitrogen and oxygen atoms in total. The normalized spacial score (nSPS) is 11.0. The van der Waals surface area contributed by atoms with Crippen LogP contribution in [0.25, 0.3) is 0 Å². The lowest BCUT2D eigenvalue weighted by molar-refractivity contribution is -0.138. The first-order valence-corrected chi connectivity index (χ1v) is 5.17. The van der Waals surface area contributed by atoms with Gasteiger partial charge in [-0.2, -0.15) is 13.2 Å². The van der Waals surface area contributed by atoms with Crippen LogP contribution in [0.15, 0.2) is 18.2 Å². The Hall–Kier alpha value is -2.05. The highest BCUT2D eigenvalue weighted by Crippen LogP contribution is 2.34. The third kappa shape index (κ3) is 3.97. The summed E-state index contributed by atoms with van der Waals surface area (Å²) < 4.78 is 47.5. The zero-order chi connectivity index (χ0) is 14.6. The van der Waals surface area contributed by atoms with Crippen molar-refractivity contribution in [3.05, 3.63) is 29.3 Å². The summed E-state index contributed by atoms with van der Waals surface area (Å²) in [5.41, 5.74) is -1.77. The molecule has 1 aromatic carbocycles. The molecule has 1 rings (SSSR count). The summed E-state index contributed by atoms with van der Waals surface area (Å²) in [5.74, 6) is -1.56. The molecule has 19 heavy (non-hydrogen) atoms. The highest BCUT2D eigenvalue weighted by Gasteiger charge is 2.36. The lowest BCUT2D eigenvalue weighted by atomic mass is 10.1. The fraction of sp³-hybridized carbons (Fsp3) is 0.333. The van der Waals surface area contributed by atoms with Crippen molar-refractivity contribution in [2.45, 2.75) is 13.1 Å². The first-order valence-electron chi connectivity index (χ1n) is 5.17. The van der Waals surface area contributed by atoms with Gasteiger partial charge in [-0.15, -0.1) is 0 Å². The molecule has 0 atom stereocenters. The van der Waals surface area contributed by atoms with Gasteiger partial charge in [-0.25, -0.2) is 4.79 Å². The zero-order valence-electron chi connectivity index (χ0n) is 10.2. The topological polar surface area (TPSA) is 52.6 Å². The van der Waals surface area contributed by atoms with Crippen LogP contribution < -0.4 is 4.74 Å². The van der Waals surface area contributed by atoms with Crippen LogP contribution in [0.4, 0.5) is 13.2 Å². The number of ketones is 1. The molecule has 0 bridgehead atoms. The van der Waals surface area contributed by atoms with Crippen molar-refractivity contribution in [3.8, 4) is 5.75 Å². The van der Waals surface area contributed by atoms with Crippen LogP contribution in [0.3, 0.4) is 0 Å². The number of methoxy groups -OCH3 is 1. The molecule has 0 aromatic heterocycles. The van der Waals surface area contributed by atoms with Crippen LogP contribution in [0.1, 0.15) is 22.8 Å². The van der Waals surface area contributed by atoms with E-state index in [9.17, 15) is 22.8 Å². The molecule has 104 valence electrons. The molecular weight excluding hydrogens is 265 g/mol. The second-order valence-electron chi connectivity index (χ2n) is 3.69. The summed E-state index contributed by atoms with van der Waals surface area (Å²) in [5, 5.41) is 0. The van der Waals surface area contributed by atoms with Crippen LogP contribution in [0.5, 0.6) is 5.75 Å². The molecule has 0 amide bonds. The Labute approximate surface area is 107 Å². The van der Waals surface area contributed by atoms with Gasteiger partial charge < -0.3 is 9.47 Å². The second-order valence-corrected chi connectivity index (χ2v) is 3.69. The quantitative estimate of drug-likeness (QED) is 0.793. The van der Waals surface area contributed by atoms with E-state index in [0.29, 0.717) is 6.07 Å². The summed E-state index contributed by atoms with van der Waals surface area (Å²) in [6, 6.07) is 2.78. The summed E-state index contributed by atoms with van der Waals surface area (Å²) in [6.45, 7) is 0.905. The fourth-order valence-corrected chi connectivity index (χ4v) is 1.32. The van der Waals surface area contributed by atoms with Gasteiger partial charge in [0.05, 0.1) is 18.2 Å². The van der Waals surface area contributed by atoms with E-state index >= 15 is 0 Å². The van der Waals surface area contributed by atoms with E-state index in [1.165, 1.54) is 13.0 Å². The van der Waals surface area contributed by atoms with E-state index in [2.05, 4.69) is 4.74 Å². The van der Waals surface area contributed by atoms with E-state index in [1.54, 1.807) is 0 Å². The van der Waals surface area contributed by atoms with Gasteiger partial charge in [0.2, 0.25) is 0 Å². The summed E-state index contributed by atoms with van der Waals surface area (Å²) in [7, 11) is 0.989. The van der Waals surface area contributed by atoms with Gasteiger partial charge in [0.15, 0.2) is 5.78 Å². The zero-order valence-corrected chi connectivity index (χ0v) is 10.2. The van der Waals surface area contributed by atoms with Crippen molar-refractivity contribution in [1.82, 2.24) is 0 Å². The van der Waals surface area contributed by atoms with E-state index in [4.69, 9.17) is 4.74 Å². The van der Waals surface area contributed by atoms with Crippen LogP contribution in [-0.4, -0.2) is 25.5 Å². The van der Waals surface area contributed by atoms with Gasteiger partial charge >= 0.3 is 12.1 Å². The van der Waals surface area contributed by atoms with Crippen molar-refractivity contribution >= 4 is 11.8 Å². The monoisotopic (exact) mass is 276 g/mol. The molecule has 0 fully saturated rings. The third-order valence-electron chi connectivity index (χ3n) is 2.14. The molecule has 0 spiro atoms. The second kappa shape index (κ2) is 5.73. The molecule has 1 aromatic rings. The van der Waals surface area contributed by atoms with Gasteiger partial charge in [0, 0.05) is 0 Å². The molecule has 0 aliphatic rings. The van der Waals surface area contributed by atoms with E-state index in [-0.39, 0.29) is 18.1 Å². The van der Waals surface area contributed by atoms with Gasteiger partial charge in [0.1, 0.15) is 12.4 Å². The van der Waals surface area contributed by atoms with Gasteiger partial charge in [-0.1, -0.05) is 0 Å². The van der Waals surface area contributed by atoms with Crippen molar-refractivity contribution in [1.29, 1.82) is 0 Å². The SMILES string of the molecule is COC(=O)c1ccc(OCC(C)=O)cc1C(F)(F)F. The standard InChI is InChI=1S/C12H11F3O4/c1-7(16)6-19-8-3-4-9(11(17)18-2)10(5-8)12(13,14)15/h3-5H,6H2,1-2H3. The largest absolute Gasteiger partial charge is 0.486 e. The number of alkyl halides is 3. The first kappa shape index (κ1) is 15.0. The minimum atomic E-state index is -4.72. The molecule has 0 radical (unpaired) electrons. The van der Waals surface area contributed by atoms with Crippen LogP contribution >= 0.6 is 0 Å². The predicted molar refractivity (Wildman–Crippen MR) is 59.0 cm³/mol. The minimum Gasteiger partial charge on any atom is -0.486 e. The smallest absolute Gasteiger partial charge is 0.417 e. The number of ether oxygens (including phenoxy) is 2. The molecule has 0 saturated carbocycles. The number of hydrogen-bond donors (Lipinski definition) is 0. The number of benzene rings is 1. The van der Waals surface area contributed by atoms with Gasteiger partial charge in [-0.3, -0.25) is 4.79 Å². The number of carbonyl (C=O) groups excluding carboxylic acids is 2. The number of Topliss-reactive ketones (excluding diaryl/α,β-unsaturated/α-hetero) is 1. The Morgan fingerprint density at radius 1 is 1.26 bits per heavy atom. The highest BCUT2D eigenvalue weighted by molar-refractivity contribution is 5.91. The maximum Gasteiger partial charge on any atom is 0.417 e. The number of carbonyl (C=O) groups is 2. The van der Waals surface area contributed by atoms with Gasteiger partial charge in [-0.05, 0) is 25.1 Å². The summed E-state index contributed by atoms with van der Waals surface area (Å²) in [4.78, 5) is 21.9. The average Bonchev–Trinajstić information content (AvgIpc) is 2.34. The molecular formula is C12H11F3O4. The number of halogens is 3. The molecule has 0 N–H and O–H groups in total. The highest BCUT2D eigenvalue weighted by atomic mass is 19.4. The van der Waals surface area contributed by atoms with Gasteiger partial charge in [0.25, 0.3) is 0 Å². The van der Waals surface area contributed by atoms with E-state index in [0.717, 1.165) is 13.2 Å². The number of rotatable bonds is 4. The van der Waals surface area contributed by atoms with E-state index in [1.807, 2.05) is 0 Å². The van der Waals surface area contributed by atoms with Crippen LogP contribution in [0.2, 0.25) is 0 Å². The molecule has 0 heterocycles. The molecule has 0 saturated heterocycles. The van der Waals surface area contributed by atoms with Crippen LogP contribution in [0, 0.1) is 0 Å². The average molecular weight is 276 g/mol. The maximum absolute atomic E-state index is 12.8. The van der Waals surface area contributed by atoms with Crippen molar-refractivity contribution < 1.29 is 32.2 Å². The lowest BCUT2D eigenvalue weighted by Gasteiger charge is -2.13. The Balaban J connectivity index is 3.16. The Morgan fingerprint density at radius 3 is 2.37 bits per heavy atom. The lowest BCUT2D eigenvalue weighted by Crippen LogP contribution is -2.15. The predicted octanol–water partition coefficient (Wildman–Crippen LogP) is 2.46. The maximum atomic E-state index is 12.8. The van der Waals surface area contributed by atoms with E-state index < -0.39 is 23.3 Å². The summed E-state index contributed by atoms with van der Waals surface area (Å²) >= 11 is 0. The minimum absolute atomic E-state index is 0.143. The Bertz CT molecular complexity index is 494. The molecule has 0 aliphatic carbocycles. The first-order chi connectivity index (χ1) is 8.75. The molecule has 0 unspecified atom stereocenters. The van der Waals surface area contributed by atoms with Crippen molar-refractivity contribution in [2.24, 2.45) is 0 Å². The van der Waals surface area contributed by atoms with Crippen molar-refractivity contribution in [2.75, 3.05) is 13.7 Å². The van der Waals surface area contributed by atoms with Crippen molar-refractivity contribution in [3.63, 3.8) is 0 Å².